The molecule has 0 aliphatic carbocycles. The first kappa shape index (κ1) is 10.8. The molecule has 1 N–H and O–H groups in total. The third-order valence-corrected chi connectivity index (χ3v) is 1.67. The molecule has 7 heteroatoms. The van der Waals surface area contributed by atoms with Gasteiger partial charge in [-0.25, -0.2) is 0 Å². The standard InChI is InChI=1S/C7H4ClF3N2O/c8-6(13-14)4-1-2-12-5(3-4)7(9,10)11/h1-3,14H/b13-6+. The summed E-state index contributed by atoms with van der Waals surface area (Å²) in [6, 6.07) is 1.90. The van der Waals surface area contributed by atoms with Crippen LogP contribution in [0.1, 0.15) is 11.3 Å². The van der Waals surface area contributed by atoms with Gasteiger partial charge in [-0.05, 0) is 12.1 Å². The van der Waals surface area contributed by atoms with E-state index in [1.165, 1.54) is 6.07 Å². The second-order valence-corrected chi connectivity index (χ2v) is 2.68. The van der Waals surface area contributed by atoms with Crippen molar-refractivity contribution in [2.24, 2.45) is 5.16 Å². The Morgan fingerprint density at radius 2 is 2.14 bits per heavy atom. The third-order valence-electron chi connectivity index (χ3n) is 1.38. The largest absolute Gasteiger partial charge is 0.433 e. The number of hydrogen-bond donors (Lipinski definition) is 1. The summed E-state index contributed by atoms with van der Waals surface area (Å²) in [6.07, 6.45) is -3.60. The van der Waals surface area contributed by atoms with E-state index in [0.29, 0.717) is 6.07 Å². The van der Waals surface area contributed by atoms with Gasteiger partial charge in [0.1, 0.15) is 5.69 Å². The monoisotopic (exact) mass is 224 g/mol. The molecule has 0 atom stereocenters. The van der Waals surface area contributed by atoms with Crippen LogP contribution in [0.15, 0.2) is 23.5 Å². The number of oxime groups is 1. The van der Waals surface area contributed by atoms with Gasteiger partial charge < -0.3 is 5.21 Å². The molecule has 0 aliphatic heterocycles. The van der Waals surface area contributed by atoms with E-state index in [9.17, 15) is 13.2 Å². The predicted octanol–water partition coefficient (Wildman–Crippen LogP) is 2.48. The zero-order valence-corrected chi connectivity index (χ0v) is 7.34. The Labute approximate surface area is 81.8 Å². The average molecular weight is 225 g/mol. The van der Waals surface area contributed by atoms with Crippen LogP contribution in [0.5, 0.6) is 0 Å². The van der Waals surface area contributed by atoms with Crippen LogP contribution in [0.4, 0.5) is 13.2 Å². The topological polar surface area (TPSA) is 45.5 Å². The Balaban J connectivity index is 3.14. The molecule has 3 nitrogen and oxygen atoms in total. The molecule has 0 aromatic carbocycles. The highest BCUT2D eigenvalue weighted by molar-refractivity contribution is 6.69. The van der Waals surface area contributed by atoms with E-state index in [2.05, 4.69) is 10.1 Å². The van der Waals surface area contributed by atoms with E-state index in [4.69, 9.17) is 16.8 Å². The first-order valence-electron chi connectivity index (χ1n) is 3.36. The molecule has 0 aliphatic rings. The second-order valence-electron chi connectivity index (χ2n) is 2.32. The van der Waals surface area contributed by atoms with Crippen LogP contribution >= 0.6 is 11.6 Å². The SMILES string of the molecule is O/N=C(/Cl)c1ccnc(C(F)(F)F)c1. The minimum absolute atomic E-state index is 0.0449. The van der Waals surface area contributed by atoms with Crippen molar-refractivity contribution in [3.05, 3.63) is 29.6 Å². The van der Waals surface area contributed by atoms with E-state index in [1.54, 1.807) is 0 Å². The molecule has 0 radical (unpaired) electrons. The van der Waals surface area contributed by atoms with E-state index in [0.717, 1.165) is 6.20 Å². The Kier molecular flexibility index (Phi) is 2.95. The molecule has 1 aromatic rings. The lowest BCUT2D eigenvalue weighted by Crippen LogP contribution is -2.08. The van der Waals surface area contributed by atoms with Crippen molar-refractivity contribution in [3.63, 3.8) is 0 Å². The number of rotatable bonds is 1. The summed E-state index contributed by atoms with van der Waals surface area (Å²) >= 11 is 5.32. The first-order chi connectivity index (χ1) is 6.45. The van der Waals surface area contributed by atoms with Gasteiger partial charge in [-0.3, -0.25) is 4.98 Å². The summed E-state index contributed by atoms with van der Waals surface area (Å²) in [7, 11) is 0. The maximum Gasteiger partial charge on any atom is 0.433 e. The van der Waals surface area contributed by atoms with Crippen LogP contribution in [-0.4, -0.2) is 15.4 Å². The van der Waals surface area contributed by atoms with Gasteiger partial charge in [0.2, 0.25) is 0 Å². The second kappa shape index (κ2) is 3.83. The van der Waals surface area contributed by atoms with Crippen LogP contribution in [-0.2, 0) is 6.18 Å². The van der Waals surface area contributed by atoms with Gasteiger partial charge in [0.15, 0.2) is 5.17 Å². The normalized spacial score (nSPS) is 13.0. The molecule has 1 rings (SSSR count). The van der Waals surface area contributed by atoms with Crippen molar-refractivity contribution >= 4 is 16.8 Å². The van der Waals surface area contributed by atoms with Gasteiger partial charge in [0.05, 0.1) is 0 Å². The summed E-state index contributed by atoms with van der Waals surface area (Å²) in [6.45, 7) is 0. The minimum Gasteiger partial charge on any atom is -0.410 e. The maximum atomic E-state index is 12.1. The molecule has 0 amide bonds. The van der Waals surface area contributed by atoms with E-state index >= 15 is 0 Å². The van der Waals surface area contributed by atoms with Gasteiger partial charge in [-0.15, -0.1) is 0 Å². The molecule has 0 unspecified atom stereocenters. The van der Waals surface area contributed by atoms with Gasteiger partial charge in [-0.1, -0.05) is 16.8 Å². The first-order valence-corrected chi connectivity index (χ1v) is 3.74. The summed E-state index contributed by atoms with van der Waals surface area (Å²) in [5.74, 6) is 0. The lowest BCUT2D eigenvalue weighted by atomic mass is 10.2. The lowest BCUT2D eigenvalue weighted by molar-refractivity contribution is -0.141. The smallest absolute Gasteiger partial charge is 0.410 e. The maximum absolute atomic E-state index is 12.1. The summed E-state index contributed by atoms with van der Waals surface area (Å²) in [5.41, 5.74) is -1.13. The van der Waals surface area contributed by atoms with Crippen molar-refractivity contribution in [2.45, 2.75) is 6.18 Å². The number of halogens is 4. The fraction of sp³-hybridized carbons (Fsp3) is 0.143. The molecular weight excluding hydrogens is 221 g/mol. The quantitative estimate of drug-likeness (QED) is 0.453. The highest BCUT2D eigenvalue weighted by Gasteiger charge is 2.32. The Hall–Kier alpha value is -1.30. The number of alkyl halides is 3. The summed E-state index contributed by atoms with van der Waals surface area (Å²) < 4.78 is 36.4. The molecule has 1 heterocycles. The van der Waals surface area contributed by atoms with Crippen molar-refractivity contribution < 1.29 is 18.4 Å². The van der Waals surface area contributed by atoms with Crippen LogP contribution in [0.25, 0.3) is 0 Å². The Morgan fingerprint density at radius 3 is 2.64 bits per heavy atom. The molecule has 0 fully saturated rings. The molecule has 76 valence electrons. The molecule has 0 saturated carbocycles. The van der Waals surface area contributed by atoms with Gasteiger partial charge in [0.25, 0.3) is 0 Å². The van der Waals surface area contributed by atoms with Crippen LogP contribution < -0.4 is 0 Å². The van der Waals surface area contributed by atoms with E-state index < -0.39 is 17.0 Å². The Morgan fingerprint density at radius 1 is 1.50 bits per heavy atom. The summed E-state index contributed by atoms with van der Waals surface area (Å²) in [4.78, 5) is 3.11. The van der Waals surface area contributed by atoms with Crippen LogP contribution in [0.2, 0.25) is 0 Å². The number of hydrogen-bond acceptors (Lipinski definition) is 3. The Bertz CT molecular complexity index is 364. The molecule has 14 heavy (non-hydrogen) atoms. The van der Waals surface area contributed by atoms with Crippen LogP contribution in [0, 0.1) is 0 Å². The molecule has 0 bridgehead atoms. The zero-order chi connectivity index (χ0) is 10.8. The fourth-order valence-corrected chi connectivity index (χ4v) is 0.889. The minimum atomic E-state index is -4.54. The molecule has 0 spiro atoms. The van der Waals surface area contributed by atoms with Crippen molar-refractivity contribution in [1.82, 2.24) is 4.98 Å². The van der Waals surface area contributed by atoms with Gasteiger partial charge in [0, 0.05) is 11.8 Å². The van der Waals surface area contributed by atoms with Gasteiger partial charge >= 0.3 is 6.18 Å². The summed E-state index contributed by atoms with van der Waals surface area (Å²) in [5, 5.41) is 10.4. The van der Waals surface area contributed by atoms with Crippen molar-refractivity contribution in [2.75, 3.05) is 0 Å². The molecule has 1 aromatic heterocycles. The zero-order valence-electron chi connectivity index (χ0n) is 6.59. The highest BCUT2D eigenvalue weighted by atomic mass is 35.5. The van der Waals surface area contributed by atoms with Crippen LogP contribution in [0.3, 0.4) is 0 Å². The number of nitrogens with zero attached hydrogens (tertiary/aromatic N) is 2. The van der Waals surface area contributed by atoms with E-state index in [1.807, 2.05) is 0 Å². The highest BCUT2D eigenvalue weighted by Crippen LogP contribution is 2.27. The average Bonchev–Trinajstić information content (AvgIpc) is 2.15. The van der Waals surface area contributed by atoms with E-state index in [-0.39, 0.29) is 5.56 Å². The van der Waals surface area contributed by atoms with Crippen molar-refractivity contribution in [3.8, 4) is 0 Å². The lowest BCUT2D eigenvalue weighted by Gasteiger charge is -2.05. The number of pyridine rings is 1. The molecule has 0 saturated heterocycles. The number of aromatic nitrogens is 1. The predicted molar refractivity (Wildman–Crippen MR) is 43.4 cm³/mol. The molecular formula is C7H4ClF3N2O. The van der Waals surface area contributed by atoms with Gasteiger partial charge in [-0.2, -0.15) is 13.2 Å². The third kappa shape index (κ3) is 2.35. The van der Waals surface area contributed by atoms with Crippen molar-refractivity contribution in [1.29, 1.82) is 0 Å². The fourth-order valence-electron chi connectivity index (χ4n) is 0.772.